The van der Waals surface area contributed by atoms with Gasteiger partial charge in [-0.25, -0.2) is 8.42 Å². The molecule has 8 heteroatoms. The van der Waals surface area contributed by atoms with Gasteiger partial charge in [0.1, 0.15) is 10.4 Å². The molecule has 1 heterocycles. The smallest absolute Gasteiger partial charge is 0.244 e. The third-order valence-corrected chi connectivity index (χ3v) is 8.09. The van der Waals surface area contributed by atoms with E-state index in [1.807, 2.05) is 24.3 Å². The number of nitrogens with zero attached hydrogens (tertiary/aromatic N) is 1. The molecule has 1 aliphatic heterocycles. The predicted molar refractivity (Wildman–Crippen MR) is 120 cm³/mol. The van der Waals surface area contributed by atoms with E-state index in [1.165, 1.54) is 15.9 Å². The first-order valence-electron chi connectivity index (χ1n) is 10.2. The number of aryl methyl sites for hydroxylation is 1. The molecular formula is C22H28ClN3O3S. The van der Waals surface area contributed by atoms with Crippen LogP contribution < -0.4 is 10.6 Å². The number of nitrogens with one attached hydrogen (secondary N) is 2. The number of halogens is 1. The van der Waals surface area contributed by atoms with Crippen LogP contribution in [0.4, 0.5) is 5.69 Å². The van der Waals surface area contributed by atoms with E-state index in [9.17, 15) is 13.2 Å². The molecule has 6 nitrogen and oxygen atoms in total. The molecule has 162 valence electrons. The van der Waals surface area contributed by atoms with Crippen molar-refractivity contribution < 1.29 is 13.2 Å². The first-order valence-corrected chi connectivity index (χ1v) is 12.0. The Labute approximate surface area is 183 Å². The first-order chi connectivity index (χ1) is 14.3. The van der Waals surface area contributed by atoms with Crippen molar-refractivity contribution in [3.8, 4) is 0 Å². The molecule has 1 saturated heterocycles. The van der Waals surface area contributed by atoms with Gasteiger partial charge in [-0.1, -0.05) is 49.2 Å². The van der Waals surface area contributed by atoms with Crippen molar-refractivity contribution in [3.05, 3.63) is 59.1 Å². The van der Waals surface area contributed by atoms with E-state index in [1.54, 1.807) is 25.2 Å². The zero-order valence-electron chi connectivity index (χ0n) is 17.3. The van der Waals surface area contributed by atoms with Gasteiger partial charge in [-0.3, -0.25) is 4.79 Å². The first kappa shape index (κ1) is 22.7. The topological polar surface area (TPSA) is 78.5 Å². The number of carbonyl (C=O) groups is 1. The monoisotopic (exact) mass is 449 g/mol. The number of amides is 1. The van der Waals surface area contributed by atoms with E-state index in [2.05, 4.69) is 17.6 Å². The molecule has 0 radical (unpaired) electrons. The fourth-order valence-corrected chi connectivity index (χ4v) is 5.72. The zero-order chi connectivity index (χ0) is 21.8. The molecule has 1 fully saturated rings. The summed E-state index contributed by atoms with van der Waals surface area (Å²) in [4.78, 5) is 13.1. The van der Waals surface area contributed by atoms with Gasteiger partial charge < -0.3 is 10.6 Å². The van der Waals surface area contributed by atoms with Crippen LogP contribution in [0.5, 0.6) is 0 Å². The van der Waals surface area contributed by atoms with Gasteiger partial charge in [0.25, 0.3) is 0 Å². The summed E-state index contributed by atoms with van der Waals surface area (Å²) < 4.78 is 27.3. The maximum atomic E-state index is 13.0. The average molecular weight is 450 g/mol. The Bertz CT molecular complexity index is 985. The van der Waals surface area contributed by atoms with E-state index < -0.39 is 15.6 Å². The van der Waals surface area contributed by atoms with Crippen LogP contribution >= 0.6 is 11.6 Å². The molecule has 2 aromatic carbocycles. The van der Waals surface area contributed by atoms with Crippen LogP contribution in [0.15, 0.2) is 53.4 Å². The van der Waals surface area contributed by atoms with Crippen LogP contribution in [0.3, 0.4) is 0 Å². The van der Waals surface area contributed by atoms with Crippen LogP contribution in [-0.2, 0) is 21.2 Å². The number of benzene rings is 2. The molecule has 0 bridgehead atoms. The Morgan fingerprint density at radius 1 is 1.10 bits per heavy atom. The Balaban J connectivity index is 1.70. The van der Waals surface area contributed by atoms with Gasteiger partial charge in [0.05, 0.1) is 5.02 Å². The molecule has 2 aromatic rings. The lowest BCUT2D eigenvalue weighted by Gasteiger charge is -2.39. The van der Waals surface area contributed by atoms with Crippen LogP contribution in [0, 0.1) is 0 Å². The van der Waals surface area contributed by atoms with Crippen molar-refractivity contribution in [1.82, 2.24) is 9.62 Å². The highest BCUT2D eigenvalue weighted by molar-refractivity contribution is 7.89. The highest BCUT2D eigenvalue weighted by Crippen LogP contribution is 2.30. The summed E-state index contributed by atoms with van der Waals surface area (Å²) in [5.41, 5.74) is 1.15. The van der Waals surface area contributed by atoms with Gasteiger partial charge in [0.15, 0.2) is 0 Å². The van der Waals surface area contributed by atoms with Gasteiger partial charge in [0.2, 0.25) is 15.9 Å². The minimum Gasteiger partial charge on any atom is -0.324 e. The van der Waals surface area contributed by atoms with E-state index in [0.717, 1.165) is 18.5 Å². The molecule has 0 unspecified atom stereocenters. The SMILES string of the molecule is CCCc1ccc(NC(=O)C2(NC)CCN(S(=O)(=O)c3ccccc3Cl)CC2)cc1. The maximum Gasteiger partial charge on any atom is 0.244 e. The number of hydrogen-bond acceptors (Lipinski definition) is 4. The lowest BCUT2D eigenvalue weighted by Crippen LogP contribution is -2.59. The normalized spacial score (nSPS) is 16.9. The number of likely N-dealkylation sites (N-methyl/N-ethyl adjacent to an activating group) is 1. The Morgan fingerprint density at radius 3 is 2.30 bits per heavy atom. The quantitative estimate of drug-likeness (QED) is 0.675. The molecular weight excluding hydrogens is 422 g/mol. The summed E-state index contributed by atoms with van der Waals surface area (Å²) in [7, 11) is -1.97. The Morgan fingerprint density at radius 2 is 1.73 bits per heavy atom. The van der Waals surface area contributed by atoms with Crippen LogP contribution in [-0.4, -0.2) is 44.3 Å². The summed E-state index contributed by atoms with van der Waals surface area (Å²) in [6.45, 7) is 2.60. The molecule has 0 spiro atoms. The molecule has 0 aliphatic carbocycles. The number of sulfonamides is 1. The highest BCUT2D eigenvalue weighted by atomic mass is 35.5. The van der Waals surface area contributed by atoms with Gasteiger partial charge in [-0.05, 0) is 56.1 Å². The number of piperidine rings is 1. The minimum atomic E-state index is -3.70. The standard InChI is InChI=1S/C22H28ClN3O3S/c1-3-6-17-9-11-18(12-10-17)25-21(27)22(24-2)13-15-26(16-14-22)30(28,29)20-8-5-4-7-19(20)23/h4-5,7-12,24H,3,6,13-16H2,1-2H3,(H,25,27). The summed E-state index contributed by atoms with van der Waals surface area (Å²) in [6, 6.07) is 14.3. The number of anilines is 1. The number of carbonyl (C=O) groups excluding carboxylic acids is 1. The van der Waals surface area contributed by atoms with E-state index >= 15 is 0 Å². The van der Waals surface area contributed by atoms with Crippen molar-refractivity contribution >= 4 is 33.2 Å². The average Bonchev–Trinajstić information content (AvgIpc) is 2.75. The third kappa shape index (κ3) is 4.70. The fourth-order valence-electron chi connectivity index (χ4n) is 3.79. The maximum absolute atomic E-state index is 13.0. The Kier molecular flexibility index (Phi) is 7.18. The van der Waals surface area contributed by atoms with Crippen LogP contribution in [0.1, 0.15) is 31.7 Å². The van der Waals surface area contributed by atoms with Crippen molar-refractivity contribution in [3.63, 3.8) is 0 Å². The predicted octanol–water partition coefficient (Wildman–Crippen LogP) is 3.67. The highest BCUT2D eigenvalue weighted by Gasteiger charge is 2.43. The molecule has 30 heavy (non-hydrogen) atoms. The van der Waals surface area contributed by atoms with Gasteiger partial charge >= 0.3 is 0 Å². The van der Waals surface area contributed by atoms with Gasteiger partial charge in [0, 0.05) is 18.8 Å². The summed E-state index contributed by atoms with van der Waals surface area (Å²) >= 11 is 6.10. The summed E-state index contributed by atoms with van der Waals surface area (Å²) in [6.07, 6.45) is 2.81. The van der Waals surface area contributed by atoms with E-state index in [4.69, 9.17) is 11.6 Å². The van der Waals surface area contributed by atoms with Crippen LogP contribution in [0.2, 0.25) is 5.02 Å². The van der Waals surface area contributed by atoms with E-state index in [0.29, 0.717) is 12.8 Å². The number of hydrogen-bond donors (Lipinski definition) is 2. The lowest BCUT2D eigenvalue weighted by molar-refractivity contribution is -0.123. The summed E-state index contributed by atoms with van der Waals surface area (Å²) in [5, 5.41) is 6.31. The molecule has 0 atom stereocenters. The van der Waals surface area contributed by atoms with Crippen molar-refractivity contribution in [1.29, 1.82) is 0 Å². The van der Waals surface area contributed by atoms with E-state index in [-0.39, 0.29) is 28.9 Å². The molecule has 1 amide bonds. The molecule has 1 aliphatic rings. The molecule has 0 saturated carbocycles. The fraction of sp³-hybridized carbons (Fsp3) is 0.409. The summed E-state index contributed by atoms with van der Waals surface area (Å²) in [5.74, 6) is -0.150. The second-order valence-electron chi connectivity index (χ2n) is 7.57. The molecule has 2 N–H and O–H groups in total. The second-order valence-corrected chi connectivity index (χ2v) is 9.88. The number of rotatable bonds is 7. The van der Waals surface area contributed by atoms with Crippen LogP contribution in [0.25, 0.3) is 0 Å². The minimum absolute atomic E-state index is 0.0974. The third-order valence-electron chi connectivity index (χ3n) is 5.69. The van der Waals surface area contributed by atoms with Crippen molar-refractivity contribution in [2.45, 2.75) is 43.0 Å². The van der Waals surface area contributed by atoms with Crippen molar-refractivity contribution in [2.24, 2.45) is 0 Å². The second kappa shape index (κ2) is 9.47. The Hall–Kier alpha value is -1.93. The largest absolute Gasteiger partial charge is 0.324 e. The lowest BCUT2D eigenvalue weighted by atomic mass is 9.87. The zero-order valence-corrected chi connectivity index (χ0v) is 18.9. The molecule has 0 aromatic heterocycles. The molecule has 3 rings (SSSR count). The van der Waals surface area contributed by atoms with Gasteiger partial charge in [-0.2, -0.15) is 4.31 Å². The van der Waals surface area contributed by atoms with Crippen molar-refractivity contribution in [2.75, 3.05) is 25.5 Å². The van der Waals surface area contributed by atoms with Gasteiger partial charge in [-0.15, -0.1) is 0 Å².